The fourth-order valence-corrected chi connectivity index (χ4v) is 10.7. The largest absolute Gasteiger partial charge is 0.392 e. The molecule has 2 aliphatic heterocycles. The quantitative estimate of drug-likeness (QED) is 0.159. The molecule has 10 rings (SSSR count). The highest BCUT2D eigenvalue weighted by molar-refractivity contribution is 5.76. The van der Waals surface area contributed by atoms with Gasteiger partial charge in [0.05, 0.1) is 18.8 Å². The van der Waals surface area contributed by atoms with Gasteiger partial charge in [-0.2, -0.15) is 0 Å². The third-order valence-electron chi connectivity index (χ3n) is 13.1. The number of amides is 2. The van der Waals surface area contributed by atoms with Crippen LogP contribution in [0.1, 0.15) is 80.1 Å². The molecule has 10 heteroatoms. The molecular formula is C45H54N6O4. The van der Waals surface area contributed by atoms with E-state index in [0.717, 1.165) is 109 Å². The summed E-state index contributed by atoms with van der Waals surface area (Å²) in [5.74, 6) is 3.25. The molecule has 1 aromatic heterocycles. The van der Waals surface area contributed by atoms with Gasteiger partial charge in [-0.3, -0.25) is 4.90 Å². The molecular weight excluding hydrogens is 689 g/mol. The van der Waals surface area contributed by atoms with Crippen molar-refractivity contribution in [3.63, 3.8) is 0 Å². The van der Waals surface area contributed by atoms with Crippen LogP contribution in [0.2, 0.25) is 0 Å². The first-order valence-corrected chi connectivity index (χ1v) is 20.4. The first-order chi connectivity index (χ1) is 26.9. The predicted molar refractivity (Wildman–Crippen MR) is 212 cm³/mol. The van der Waals surface area contributed by atoms with E-state index in [1.54, 1.807) is 12.4 Å². The van der Waals surface area contributed by atoms with Gasteiger partial charge < -0.3 is 30.1 Å². The highest BCUT2D eigenvalue weighted by Crippen LogP contribution is 2.55. The van der Waals surface area contributed by atoms with E-state index >= 15 is 0 Å². The summed E-state index contributed by atoms with van der Waals surface area (Å²) in [6.07, 6.45) is 10.3. The van der Waals surface area contributed by atoms with Crippen LogP contribution in [-0.4, -0.2) is 70.4 Å². The number of hydrogen-bond acceptors (Lipinski definition) is 8. The molecule has 55 heavy (non-hydrogen) atoms. The van der Waals surface area contributed by atoms with E-state index in [9.17, 15) is 9.90 Å². The molecule has 3 aromatic carbocycles. The number of aromatic nitrogens is 2. The van der Waals surface area contributed by atoms with Gasteiger partial charge in [0.2, 0.25) is 5.95 Å². The van der Waals surface area contributed by atoms with Gasteiger partial charge in [0.1, 0.15) is 0 Å². The molecule has 288 valence electrons. The van der Waals surface area contributed by atoms with Crippen molar-refractivity contribution in [2.24, 2.45) is 23.7 Å². The molecule has 2 saturated heterocycles. The van der Waals surface area contributed by atoms with Gasteiger partial charge in [0, 0.05) is 68.7 Å². The fraction of sp³-hybridized carbons (Fsp3) is 0.489. The maximum Gasteiger partial charge on any atom is 0.315 e. The molecule has 3 heterocycles. The number of ether oxygens (including phenoxy) is 2. The molecule has 4 saturated carbocycles. The second kappa shape index (κ2) is 15.7. The molecule has 0 spiro atoms. The number of hydrogen-bond donors (Lipinski definition) is 3. The van der Waals surface area contributed by atoms with E-state index in [-0.39, 0.29) is 36.3 Å². The van der Waals surface area contributed by atoms with Gasteiger partial charge in [-0.25, -0.2) is 14.8 Å². The Bertz CT molecular complexity index is 1880. The SMILES string of the molecule is CC1C(CN2CCN(c3ncccn3)CC2)OC(c2ccc(-c3ccccc3CNC(=O)NC34CC5CC(CC(C5)C3)C4)cc2)OC1c1ccc(CO)cc1. The second-order valence-electron chi connectivity index (χ2n) is 16.9. The number of rotatable bonds is 10. The zero-order valence-corrected chi connectivity index (χ0v) is 31.9. The molecule has 10 nitrogen and oxygen atoms in total. The van der Waals surface area contributed by atoms with Crippen LogP contribution in [0.4, 0.5) is 10.7 Å². The van der Waals surface area contributed by atoms with E-state index in [4.69, 9.17) is 9.47 Å². The summed E-state index contributed by atoms with van der Waals surface area (Å²) in [7, 11) is 0. The smallest absolute Gasteiger partial charge is 0.315 e. The molecule has 4 atom stereocenters. The maximum absolute atomic E-state index is 13.3. The number of urea groups is 1. The summed E-state index contributed by atoms with van der Waals surface area (Å²) in [5.41, 5.74) is 6.19. The van der Waals surface area contributed by atoms with Crippen LogP contribution >= 0.6 is 0 Å². The van der Waals surface area contributed by atoms with Crippen molar-refractivity contribution in [3.05, 3.63) is 114 Å². The summed E-state index contributed by atoms with van der Waals surface area (Å²) < 4.78 is 13.6. The minimum atomic E-state index is -0.540. The van der Waals surface area contributed by atoms with Crippen LogP contribution in [0.25, 0.3) is 11.1 Å². The lowest BCUT2D eigenvalue weighted by Gasteiger charge is -2.56. The van der Waals surface area contributed by atoms with Crippen molar-refractivity contribution < 1.29 is 19.4 Å². The highest BCUT2D eigenvalue weighted by atomic mass is 16.7. The summed E-state index contributed by atoms with van der Waals surface area (Å²) in [6, 6.07) is 26.7. The van der Waals surface area contributed by atoms with Gasteiger partial charge >= 0.3 is 6.03 Å². The Labute approximate surface area is 324 Å². The number of nitrogens with zero attached hydrogens (tertiary/aromatic N) is 4. The van der Waals surface area contributed by atoms with Crippen molar-refractivity contribution in [2.45, 2.75) is 82.6 Å². The fourth-order valence-electron chi connectivity index (χ4n) is 10.7. The molecule has 2 amide bonds. The predicted octanol–water partition coefficient (Wildman–Crippen LogP) is 7.02. The molecule has 6 aliphatic rings. The third-order valence-corrected chi connectivity index (χ3v) is 13.1. The number of nitrogens with one attached hydrogen (secondary N) is 2. The lowest BCUT2D eigenvalue weighted by Crippen LogP contribution is -2.61. The van der Waals surface area contributed by atoms with E-state index in [0.29, 0.717) is 6.54 Å². The summed E-state index contributed by atoms with van der Waals surface area (Å²) in [5, 5.41) is 16.4. The Morgan fingerprint density at radius 1 is 0.818 bits per heavy atom. The Kier molecular flexibility index (Phi) is 10.3. The van der Waals surface area contributed by atoms with Crippen molar-refractivity contribution in [1.82, 2.24) is 25.5 Å². The van der Waals surface area contributed by atoms with Crippen LogP contribution in [0.5, 0.6) is 0 Å². The van der Waals surface area contributed by atoms with Crippen LogP contribution in [0.3, 0.4) is 0 Å². The van der Waals surface area contributed by atoms with Crippen molar-refractivity contribution in [3.8, 4) is 11.1 Å². The van der Waals surface area contributed by atoms with Crippen LogP contribution in [-0.2, 0) is 22.6 Å². The van der Waals surface area contributed by atoms with Crippen molar-refractivity contribution >= 4 is 12.0 Å². The number of aliphatic hydroxyl groups is 1. The van der Waals surface area contributed by atoms with Crippen molar-refractivity contribution in [1.29, 1.82) is 0 Å². The Morgan fingerprint density at radius 3 is 2.15 bits per heavy atom. The molecule has 4 unspecified atom stereocenters. The monoisotopic (exact) mass is 742 g/mol. The van der Waals surface area contributed by atoms with E-state index in [1.165, 1.54) is 19.3 Å². The van der Waals surface area contributed by atoms with Gasteiger partial charge in [-0.1, -0.05) is 79.7 Å². The molecule has 0 radical (unpaired) electrons. The number of aliphatic hydroxyl groups excluding tert-OH is 1. The lowest BCUT2D eigenvalue weighted by atomic mass is 9.53. The summed E-state index contributed by atoms with van der Waals surface area (Å²) in [6.45, 7) is 7.02. The first-order valence-electron chi connectivity index (χ1n) is 20.4. The third kappa shape index (κ3) is 7.87. The summed E-state index contributed by atoms with van der Waals surface area (Å²) >= 11 is 0. The van der Waals surface area contributed by atoms with Gasteiger partial charge in [-0.15, -0.1) is 0 Å². The summed E-state index contributed by atoms with van der Waals surface area (Å²) in [4.78, 5) is 26.9. The van der Waals surface area contributed by atoms with E-state index < -0.39 is 6.29 Å². The van der Waals surface area contributed by atoms with Crippen LogP contribution < -0.4 is 15.5 Å². The number of benzene rings is 3. The number of carbonyl (C=O) groups excluding carboxylic acids is 1. The second-order valence-corrected chi connectivity index (χ2v) is 16.9. The maximum atomic E-state index is 13.3. The molecule has 4 bridgehead atoms. The average Bonchev–Trinajstić information content (AvgIpc) is 3.21. The van der Waals surface area contributed by atoms with Crippen LogP contribution in [0, 0.1) is 23.7 Å². The number of carbonyl (C=O) groups is 1. The number of piperazine rings is 1. The minimum absolute atomic E-state index is 0.0102. The van der Waals surface area contributed by atoms with Gasteiger partial charge in [-0.05, 0) is 90.2 Å². The Balaban J connectivity index is 0.881. The molecule has 3 N–H and O–H groups in total. The lowest BCUT2D eigenvalue weighted by molar-refractivity contribution is -0.276. The topological polar surface area (TPSA) is 112 Å². The van der Waals surface area contributed by atoms with Crippen LogP contribution in [0.15, 0.2) is 91.3 Å². The number of anilines is 1. The molecule has 6 fully saturated rings. The Hall–Kier alpha value is -4.35. The average molecular weight is 743 g/mol. The Morgan fingerprint density at radius 2 is 1.47 bits per heavy atom. The first kappa shape index (κ1) is 36.3. The van der Waals surface area contributed by atoms with E-state index in [1.807, 2.05) is 24.3 Å². The zero-order valence-electron chi connectivity index (χ0n) is 31.9. The standard InChI is InChI=1S/C45H54N6O4/c1-30-40(28-50-17-19-51(20-18-50)43-46-15-4-16-47-43)54-42(55-41(30)36-9-7-31(29-52)8-10-36)37-13-11-35(12-14-37)39-6-3-2-5-38(39)27-48-44(53)49-45-24-32-21-33(25-45)23-34(22-32)26-45/h2-16,30,32-34,40-42,52H,17-29H2,1H3,(H2,48,49,53). The highest BCUT2D eigenvalue weighted by Gasteiger charge is 2.51. The van der Waals surface area contributed by atoms with Gasteiger partial charge in [0.25, 0.3) is 0 Å². The van der Waals surface area contributed by atoms with Gasteiger partial charge in [0.15, 0.2) is 6.29 Å². The minimum Gasteiger partial charge on any atom is -0.392 e. The molecule has 4 aliphatic carbocycles. The normalized spacial score (nSPS) is 30.3. The van der Waals surface area contributed by atoms with E-state index in [2.05, 4.69) is 91.9 Å². The molecule has 4 aromatic rings. The van der Waals surface area contributed by atoms with Crippen molar-refractivity contribution in [2.75, 3.05) is 37.6 Å². The zero-order chi connectivity index (χ0) is 37.4.